The number of ether oxygens (including phenoxy) is 1. The minimum Gasteiger partial charge on any atom is -0.444 e. The van der Waals surface area contributed by atoms with Crippen LogP contribution in [0.2, 0.25) is 0 Å². The van der Waals surface area contributed by atoms with E-state index in [1.807, 2.05) is 0 Å². The Hall–Kier alpha value is -1.14. The number of nitrogens with one attached hydrogen (secondary N) is 1. The van der Waals surface area contributed by atoms with Crippen molar-refractivity contribution in [2.24, 2.45) is 0 Å². The first-order valence-corrected chi connectivity index (χ1v) is 7.25. The van der Waals surface area contributed by atoms with Crippen molar-refractivity contribution in [1.82, 2.24) is 0 Å². The van der Waals surface area contributed by atoms with Gasteiger partial charge in [-0.1, -0.05) is 0 Å². The summed E-state index contributed by atoms with van der Waals surface area (Å²) in [5, 5.41) is 4.00. The maximum Gasteiger partial charge on any atom is 0.412 e. The monoisotopic (exact) mass is 345 g/mol. The maximum absolute atomic E-state index is 13.4. The third-order valence-electron chi connectivity index (χ3n) is 2.21. The van der Waals surface area contributed by atoms with Crippen LogP contribution in [0, 0.1) is 5.82 Å². The lowest BCUT2D eigenvalue weighted by atomic mass is 10.2. The van der Waals surface area contributed by atoms with Crippen LogP contribution < -0.4 is 5.32 Å². The number of hydrogen-bond donors (Lipinski definition) is 1. The number of fused-ring (bicyclic) bond motifs is 1. The van der Waals surface area contributed by atoms with Crippen molar-refractivity contribution in [2.75, 3.05) is 5.32 Å². The van der Waals surface area contributed by atoms with E-state index in [9.17, 15) is 9.18 Å². The third-order valence-corrected chi connectivity index (χ3v) is 4.03. The van der Waals surface area contributed by atoms with Gasteiger partial charge in [-0.05, 0) is 54.9 Å². The molecule has 0 atom stereocenters. The molecule has 0 fully saturated rings. The van der Waals surface area contributed by atoms with E-state index in [0.717, 1.165) is 10.1 Å². The van der Waals surface area contributed by atoms with Gasteiger partial charge >= 0.3 is 6.09 Å². The van der Waals surface area contributed by atoms with Gasteiger partial charge in [-0.3, -0.25) is 5.32 Å². The average Bonchev–Trinajstić information content (AvgIpc) is 2.64. The summed E-state index contributed by atoms with van der Waals surface area (Å²) in [6.07, 6.45) is -0.518. The molecule has 0 aliphatic carbocycles. The maximum atomic E-state index is 13.4. The van der Waals surface area contributed by atoms with Crippen LogP contribution in [0.3, 0.4) is 0 Å². The van der Waals surface area contributed by atoms with Crippen molar-refractivity contribution in [3.63, 3.8) is 0 Å². The number of thiophene rings is 1. The minimum absolute atomic E-state index is 0.325. The Morgan fingerprint density at radius 3 is 2.74 bits per heavy atom. The van der Waals surface area contributed by atoms with E-state index in [4.69, 9.17) is 4.74 Å². The second-order valence-electron chi connectivity index (χ2n) is 5.01. The number of anilines is 1. The molecule has 0 aliphatic rings. The molecular weight excluding hydrogens is 333 g/mol. The molecule has 19 heavy (non-hydrogen) atoms. The summed E-state index contributed by atoms with van der Waals surface area (Å²) in [7, 11) is 0. The highest BCUT2D eigenvalue weighted by Crippen LogP contribution is 2.35. The molecule has 6 heteroatoms. The number of carbonyl (C=O) groups is 1. The molecule has 0 saturated heterocycles. The standard InChI is InChI=1S/C13H13BrFNO2S/c1-13(2,3)18-12(17)16-10-6-7-9(19-10)5-4-8(15)11(7)14/h4-6H,1-3H3,(H,16,17). The fourth-order valence-electron chi connectivity index (χ4n) is 1.52. The molecule has 0 saturated carbocycles. The van der Waals surface area contributed by atoms with E-state index in [0.29, 0.717) is 9.47 Å². The molecule has 0 radical (unpaired) electrons. The van der Waals surface area contributed by atoms with Crippen molar-refractivity contribution in [3.8, 4) is 0 Å². The van der Waals surface area contributed by atoms with Crippen LogP contribution in [-0.4, -0.2) is 11.7 Å². The predicted octanol–water partition coefficient (Wildman–Crippen LogP) is 5.15. The molecule has 1 heterocycles. The smallest absolute Gasteiger partial charge is 0.412 e. The van der Waals surface area contributed by atoms with Crippen LogP contribution in [-0.2, 0) is 4.74 Å². The Labute approximate surface area is 122 Å². The summed E-state index contributed by atoms with van der Waals surface area (Å²) in [6, 6.07) is 4.79. The molecule has 102 valence electrons. The quantitative estimate of drug-likeness (QED) is 0.775. The van der Waals surface area contributed by atoms with Gasteiger partial charge in [-0.25, -0.2) is 9.18 Å². The summed E-state index contributed by atoms with van der Waals surface area (Å²) in [5.74, 6) is -0.325. The van der Waals surface area contributed by atoms with Crippen LogP contribution in [0.4, 0.5) is 14.2 Å². The Morgan fingerprint density at radius 1 is 1.42 bits per heavy atom. The summed E-state index contributed by atoms with van der Waals surface area (Å²) in [5.41, 5.74) is -0.548. The van der Waals surface area contributed by atoms with Gasteiger partial charge in [-0.15, -0.1) is 11.3 Å². The fraction of sp³-hybridized carbons (Fsp3) is 0.308. The lowest BCUT2D eigenvalue weighted by molar-refractivity contribution is 0.0636. The number of halogens is 2. The molecule has 1 amide bonds. The van der Waals surface area contributed by atoms with Crippen molar-refractivity contribution in [2.45, 2.75) is 26.4 Å². The van der Waals surface area contributed by atoms with Crippen molar-refractivity contribution in [3.05, 3.63) is 28.5 Å². The highest BCUT2D eigenvalue weighted by Gasteiger charge is 2.17. The fourth-order valence-corrected chi connectivity index (χ4v) is 3.06. The molecule has 0 spiro atoms. The predicted molar refractivity (Wildman–Crippen MR) is 79.3 cm³/mol. The van der Waals surface area contributed by atoms with E-state index in [2.05, 4.69) is 21.2 Å². The number of amides is 1. The third kappa shape index (κ3) is 3.45. The molecule has 3 nitrogen and oxygen atoms in total. The molecular formula is C13H13BrFNO2S. The van der Waals surface area contributed by atoms with Crippen LogP contribution in [0.15, 0.2) is 22.7 Å². The zero-order chi connectivity index (χ0) is 14.2. The zero-order valence-corrected chi connectivity index (χ0v) is 13.1. The minimum atomic E-state index is -0.548. The van der Waals surface area contributed by atoms with Gasteiger partial charge in [0, 0.05) is 10.1 Å². The van der Waals surface area contributed by atoms with Gasteiger partial charge in [0.05, 0.1) is 9.47 Å². The van der Waals surface area contributed by atoms with Gasteiger partial charge < -0.3 is 4.74 Å². The van der Waals surface area contributed by atoms with Crippen LogP contribution in [0.5, 0.6) is 0 Å². The van der Waals surface area contributed by atoms with E-state index in [-0.39, 0.29) is 5.82 Å². The van der Waals surface area contributed by atoms with Gasteiger partial charge in [0.2, 0.25) is 0 Å². The normalized spacial score (nSPS) is 11.6. The average molecular weight is 346 g/mol. The summed E-state index contributed by atoms with van der Waals surface area (Å²) < 4.78 is 19.8. The van der Waals surface area contributed by atoms with Gasteiger partial charge in [0.1, 0.15) is 11.4 Å². The molecule has 0 aliphatic heterocycles. The number of rotatable bonds is 1. The second kappa shape index (κ2) is 5.09. The largest absolute Gasteiger partial charge is 0.444 e. The van der Waals surface area contributed by atoms with E-state index >= 15 is 0 Å². The van der Waals surface area contributed by atoms with E-state index < -0.39 is 11.7 Å². The summed E-state index contributed by atoms with van der Waals surface area (Å²) >= 11 is 4.56. The topological polar surface area (TPSA) is 38.3 Å². The van der Waals surface area contributed by atoms with Crippen molar-refractivity contribution >= 4 is 48.4 Å². The molecule has 0 bridgehead atoms. The number of carbonyl (C=O) groups excluding carboxylic acids is 1. The lowest BCUT2D eigenvalue weighted by Gasteiger charge is -2.19. The molecule has 1 N–H and O–H groups in total. The van der Waals surface area contributed by atoms with Crippen molar-refractivity contribution in [1.29, 1.82) is 0 Å². The van der Waals surface area contributed by atoms with Crippen LogP contribution >= 0.6 is 27.3 Å². The van der Waals surface area contributed by atoms with Crippen LogP contribution in [0.25, 0.3) is 10.1 Å². The molecule has 2 rings (SSSR count). The Kier molecular flexibility index (Phi) is 3.82. The zero-order valence-electron chi connectivity index (χ0n) is 10.7. The molecule has 1 aromatic heterocycles. The van der Waals surface area contributed by atoms with E-state index in [1.54, 1.807) is 32.9 Å². The van der Waals surface area contributed by atoms with Gasteiger partial charge in [-0.2, -0.15) is 0 Å². The van der Waals surface area contributed by atoms with Gasteiger partial charge in [0.25, 0.3) is 0 Å². The summed E-state index contributed by atoms with van der Waals surface area (Å²) in [6.45, 7) is 5.39. The molecule has 0 unspecified atom stereocenters. The first-order chi connectivity index (χ1) is 8.76. The highest BCUT2D eigenvalue weighted by atomic mass is 79.9. The van der Waals surface area contributed by atoms with Gasteiger partial charge in [0.15, 0.2) is 0 Å². The summed E-state index contributed by atoms with van der Waals surface area (Å²) in [4.78, 5) is 11.6. The number of benzene rings is 1. The Bertz CT molecular complexity index is 633. The first kappa shape index (κ1) is 14.3. The highest BCUT2D eigenvalue weighted by molar-refractivity contribution is 9.10. The van der Waals surface area contributed by atoms with Crippen molar-refractivity contribution < 1.29 is 13.9 Å². The second-order valence-corrected chi connectivity index (χ2v) is 6.89. The number of hydrogen-bond acceptors (Lipinski definition) is 3. The first-order valence-electron chi connectivity index (χ1n) is 5.64. The van der Waals surface area contributed by atoms with Crippen LogP contribution in [0.1, 0.15) is 20.8 Å². The molecule has 2 aromatic rings. The lowest BCUT2D eigenvalue weighted by Crippen LogP contribution is -2.26. The SMILES string of the molecule is CC(C)(C)OC(=O)Nc1cc2c(Br)c(F)ccc2s1. The Balaban J connectivity index is 2.23. The Morgan fingerprint density at radius 2 is 2.11 bits per heavy atom. The molecule has 1 aromatic carbocycles. The van der Waals surface area contributed by atoms with E-state index in [1.165, 1.54) is 17.4 Å².